The summed E-state index contributed by atoms with van der Waals surface area (Å²) in [6, 6.07) is 5.88. The molecule has 1 aliphatic rings. The van der Waals surface area contributed by atoms with E-state index in [9.17, 15) is 12.8 Å². The highest BCUT2D eigenvalue weighted by atomic mass is 32.2. The molecule has 2 rings (SSSR count). The van der Waals surface area contributed by atoms with Crippen LogP contribution in [0, 0.1) is 11.2 Å². The van der Waals surface area contributed by atoms with Crippen LogP contribution in [-0.4, -0.2) is 38.1 Å². The van der Waals surface area contributed by atoms with E-state index < -0.39 is 32.2 Å². The Hall–Kier alpha value is -1.05. The molecule has 4 nitrogen and oxygen atoms in total. The molecule has 0 saturated heterocycles. The van der Waals surface area contributed by atoms with Crippen LogP contribution >= 0.6 is 12.2 Å². The second-order valence-corrected chi connectivity index (χ2v) is 7.93. The molecule has 3 unspecified atom stereocenters. The normalized spacial score (nSPS) is 28.3. The minimum atomic E-state index is -3.39. The van der Waals surface area contributed by atoms with E-state index in [2.05, 4.69) is 0 Å². The van der Waals surface area contributed by atoms with Gasteiger partial charge >= 0.3 is 0 Å². The zero-order chi connectivity index (χ0) is 15.8. The molecule has 0 aliphatic heterocycles. The fourth-order valence-corrected chi connectivity index (χ4v) is 5.32. The molecule has 0 amide bonds. The topological polar surface area (TPSA) is 69.4 Å². The summed E-state index contributed by atoms with van der Waals surface area (Å²) in [5.74, 6) is -0.882. The van der Waals surface area contributed by atoms with E-state index >= 15 is 0 Å². The molecule has 116 valence electrons. The lowest BCUT2D eigenvalue weighted by Crippen LogP contribution is -2.33. The van der Waals surface area contributed by atoms with Crippen molar-refractivity contribution in [3.63, 3.8) is 0 Å². The summed E-state index contributed by atoms with van der Waals surface area (Å²) < 4.78 is 43.0. The molecule has 0 radical (unpaired) electrons. The van der Waals surface area contributed by atoms with Crippen LogP contribution in [0.5, 0.6) is 0 Å². The smallest absolute Gasteiger partial charge is 0.152 e. The average molecular weight is 331 g/mol. The highest BCUT2D eigenvalue weighted by molar-refractivity contribution is 7.92. The first-order chi connectivity index (χ1) is 9.75. The van der Waals surface area contributed by atoms with Crippen LogP contribution in [0.25, 0.3) is 0 Å². The van der Waals surface area contributed by atoms with E-state index in [1.165, 1.54) is 12.1 Å². The lowest BCUT2D eigenvalue weighted by molar-refractivity contribution is 0.121. The van der Waals surface area contributed by atoms with Crippen LogP contribution in [0.3, 0.4) is 0 Å². The minimum absolute atomic E-state index is 0.0978. The molecular weight excluding hydrogens is 313 g/mol. The highest BCUT2D eigenvalue weighted by Gasteiger charge is 2.72. The van der Waals surface area contributed by atoms with Crippen LogP contribution in [0.2, 0.25) is 0 Å². The number of sulfone groups is 1. The van der Waals surface area contributed by atoms with Gasteiger partial charge in [-0.15, -0.1) is 0 Å². The largest absolute Gasteiger partial charge is 0.393 e. The number of hydrogen-bond donors (Lipinski definition) is 1. The third-order valence-electron chi connectivity index (χ3n) is 3.93. The highest BCUT2D eigenvalue weighted by Crippen LogP contribution is 2.63. The van der Waals surface area contributed by atoms with Gasteiger partial charge in [0.1, 0.15) is 5.82 Å². The van der Waals surface area contributed by atoms with Crippen molar-refractivity contribution in [3.05, 3.63) is 35.6 Å². The van der Waals surface area contributed by atoms with Crippen molar-refractivity contribution in [2.24, 2.45) is 11.1 Å². The van der Waals surface area contributed by atoms with Crippen LogP contribution in [0.1, 0.15) is 18.4 Å². The molecule has 1 saturated carbocycles. The van der Waals surface area contributed by atoms with Crippen molar-refractivity contribution in [2.75, 3.05) is 19.5 Å². The van der Waals surface area contributed by atoms with Gasteiger partial charge in [-0.1, -0.05) is 24.4 Å². The number of benzene rings is 1. The minimum Gasteiger partial charge on any atom is -0.393 e. The van der Waals surface area contributed by atoms with Crippen LogP contribution < -0.4 is 5.73 Å². The Morgan fingerprint density at radius 2 is 2.19 bits per heavy atom. The quantitative estimate of drug-likeness (QED) is 0.803. The molecule has 7 heteroatoms. The third-order valence-corrected chi connectivity index (χ3v) is 5.92. The first-order valence-corrected chi connectivity index (χ1v) is 8.93. The third kappa shape index (κ3) is 2.82. The van der Waals surface area contributed by atoms with E-state index in [0.29, 0.717) is 12.2 Å². The molecule has 1 aromatic rings. The van der Waals surface area contributed by atoms with Gasteiger partial charge in [-0.2, -0.15) is 0 Å². The Bertz CT molecular complexity index is 662. The van der Waals surface area contributed by atoms with Gasteiger partial charge in [0.05, 0.1) is 22.3 Å². The SMILES string of the molecule is CCOCC1(C(N)=S)C(c2cccc(F)c2)C1S(C)(=O)=O. The van der Waals surface area contributed by atoms with E-state index in [1.807, 2.05) is 6.92 Å². The van der Waals surface area contributed by atoms with Gasteiger partial charge in [-0.25, -0.2) is 12.8 Å². The van der Waals surface area contributed by atoms with E-state index in [1.54, 1.807) is 12.1 Å². The Balaban J connectivity index is 2.49. The maximum absolute atomic E-state index is 13.4. The fraction of sp³-hybridized carbons (Fsp3) is 0.500. The Kier molecular flexibility index (Phi) is 4.37. The molecule has 2 N–H and O–H groups in total. The molecule has 1 fully saturated rings. The first-order valence-electron chi connectivity index (χ1n) is 6.57. The molecule has 21 heavy (non-hydrogen) atoms. The summed E-state index contributed by atoms with van der Waals surface area (Å²) in [6.07, 6.45) is 1.15. The monoisotopic (exact) mass is 331 g/mol. The number of ether oxygens (including phenoxy) is 1. The summed E-state index contributed by atoms with van der Waals surface area (Å²) >= 11 is 5.10. The van der Waals surface area contributed by atoms with Crippen molar-refractivity contribution in [2.45, 2.75) is 18.1 Å². The van der Waals surface area contributed by atoms with Crippen molar-refractivity contribution >= 4 is 27.0 Å². The van der Waals surface area contributed by atoms with Gasteiger partial charge in [-0.05, 0) is 24.6 Å². The summed E-state index contributed by atoms with van der Waals surface area (Å²) in [6.45, 7) is 2.36. The number of rotatable bonds is 6. The fourth-order valence-electron chi connectivity index (χ4n) is 3.01. The lowest BCUT2D eigenvalue weighted by atomic mass is 10.00. The maximum atomic E-state index is 13.4. The van der Waals surface area contributed by atoms with Crippen molar-refractivity contribution in [3.8, 4) is 0 Å². The molecule has 3 atom stereocenters. The zero-order valence-electron chi connectivity index (χ0n) is 11.9. The standard InChI is InChI=1S/C14H18FNO3S2/c1-3-19-8-14(13(16)20)11(12(14)21(2,17)18)9-5-4-6-10(15)7-9/h4-7,11-12H,3,8H2,1-2H3,(H2,16,20). The van der Waals surface area contributed by atoms with Crippen molar-refractivity contribution < 1.29 is 17.5 Å². The van der Waals surface area contributed by atoms with Gasteiger partial charge in [0.25, 0.3) is 0 Å². The van der Waals surface area contributed by atoms with E-state index in [4.69, 9.17) is 22.7 Å². The van der Waals surface area contributed by atoms with Gasteiger partial charge < -0.3 is 10.5 Å². The number of halogens is 1. The van der Waals surface area contributed by atoms with E-state index in [-0.39, 0.29) is 11.6 Å². The van der Waals surface area contributed by atoms with Crippen LogP contribution in [-0.2, 0) is 14.6 Å². The van der Waals surface area contributed by atoms with Crippen LogP contribution in [0.4, 0.5) is 4.39 Å². The average Bonchev–Trinajstić information content (AvgIpc) is 3.07. The van der Waals surface area contributed by atoms with E-state index in [0.717, 1.165) is 6.26 Å². The predicted molar refractivity (Wildman–Crippen MR) is 83.5 cm³/mol. The Morgan fingerprint density at radius 3 is 2.67 bits per heavy atom. The van der Waals surface area contributed by atoms with Gasteiger partial charge in [0.15, 0.2) is 9.84 Å². The molecule has 0 spiro atoms. The Morgan fingerprint density at radius 1 is 1.52 bits per heavy atom. The lowest BCUT2D eigenvalue weighted by Gasteiger charge is -2.16. The number of nitrogens with two attached hydrogens (primary N) is 1. The van der Waals surface area contributed by atoms with Crippen molar-refractivity contribution in [1.29, 1.82) is 0 Å². The molecule has 0 bridgehead atoms. The number of thiocarbonyl (C=S) groups is 1. The summed E-state index contributed by atoms with van der Waals surface area (Å²) in [7, 11) is -3.39. The predicted octanol–water partition coefficient (Wildman–Crippen LogP) is 1.65. The molecule has 0 aromatic heterocycles. The second-order valence-electron chi connectivity index (χ2n) is 5.32. The summed E-state index contributed by atoms with van der Waals surface area (Å²) in [5.41, 5.74) is 5.45. The van der Waals surface area contributed by atoms with Gasteiger partial charge in [-0.3, -0.25) is 0 Å². The second kappa shape index (κ2) is 5.62. The first kappa shape index (κ1) is 16.3. The molecule has 1 aliphatic carbocycles. The van der Waals surface area contributed by atoms with Gasteiger partial charge in [0, 0.05) is 18.8 Å². The van der Waals surface area contributed by atoms with Crippen LogP contribution in [0.15, 0.2) is 24.3 Å². The van der Waals surface area contributed by atoms with Crippen molar-refractivity contribution in [1.82, 2.24) is 0 Å². The Labute approximate surface area is 129 Å². The molecular formula is C14H18FNO3S2. The number of hydrogen-bond acceptors (Lipinski definition) is 4. The van der Waals surface area contributed by atoms with Gasteiger partial charge in [0.2, 0.25) is 0 Å². The molecule has 1 aromatic carbocycles. The maximum Gasteiger partial charge on any atom is 0.152 e. The molecule has 0 heterocycles. The summed E-state index contributed by atoms with van der Waals surface area (Å²) in [4.78, 5) is 0.0978. The summed E-state index contributed by atoms with van der Waals surface area (Å²) in [5, 5.41) is -0.768. The zero-order valence-corrected chi connectivity index (χ0v) is 13.5.